The monoisotopic (exact) mass is 323 g/mol. The van der Waals surface area contributed by atoms with Gasteiger partial charge in [-0.25, -0.2) is 4.79 Å². The van der Waals surface area contributed by atoms with Crippen molar-refractivity contribution in [2.45, 2.75) is 18.4 Å². The molecule has 5 nitrogen and oxygen atoms in total. The predicted molar refractivity (Wildman–Crippen MR) is 87.7 cm³/mol. The number of rotatable bonds is 4. The Labute approximate surface area is 139 Å². The van der Waals surface area contributed by atoms with E-state index in [1.165, 1.54) is 11.1 Å². The van der Waals surface area contributed by atoms with Gasteiger partial charge in [0.1, 0.15) is 6.61 Å². The molecule has 1 saturated carbocycles. The Bertz CT molecular complexity index is 771. The van der Waals surface area contributed by atoms with Gasteiger partial charge in [0, 0.05) is 12.0 Å². The maximum atomic E-state index is 11.9. The molecule has 2 aromatic rings. The second-order valence-electron chi connectivity index (χ2n) is 6.26. The molecule has 0 aromatic heterocycles. The number of nitrogens with one attached hydrogen (secondary N) is 1. The van der Waals surface area contributed by atoms with Crippen molar-refractivity contribution in [2.75, 3.05) is 6.61 Å². The molecule has 2 aliphatic carbocycles. The molecule has 2 aliphatic rings. The van der Waals surface area contributed by atoms with E-state index in [2.05, 4.69) is 29.6 Å². The van der Waals surface area contributed by atoms with Crippen LogP contribution in [0.15, 0.2) is 48.5 Å². The molecule has 2 unspecified atom stereocenters. The van der Waals surface area contributed by atoms with E-state index in [0.29, 0.717) is 6.42 Å². The van der Waals surface area contributed by atoms with Gasteiger partial charge < -0.3 is 15.2 Å². The zero-order chi connectivity index (χ0) is 16.7. The Balaban J connectivity index is 1.45. The zero-order valence-corrected chi connectivity index (χ0v) is 12.9. The lowest BCUT2D eigenvalue weighted by atomic mass is 9.98. The van der Waals surface area contributed by atoms with Crippen molar-refractivity contribution < 1.29 is 19.4 Å². The molecule has 1 fully saturated rings. The smallest absolute Gasteiger partial charge is 0.407 e. The molecule has 2 N–H and O–H groups in total. The summed E-state index contributed by atoms with van der Waals surface area (Å²) in [4.78, 5) is 22.7. The summed E-state index contributed by atoms with van der Waals surface area (Å²) in [6.45, 7) is 0.240. The average molecular weight is 323 g/mol. The first kappa shape index (κ1) is 14.8. The minimum Gasteiger partial charge on any atom is -0.481 e. The third-order valence-corrected chi connectivity index (χ3v) is 4.75. The molecule has 122 valence electrons. The minimum atomic E-state index is -0.876. The molecule has 0 bridgehead atoms. The normalized spacial score (nSPS) is 20.8. The highest BCUT2D eigenvalue weighted by atomic mass is 16.5. The van der Waals surface area contributed by atoms with E-state index in [0.717, 1.165) is 11.1 Å². The van der Waals surface area contributed by atoms with E-state index in [1.54, 1.807) is 0 Å². The molecule has 0 spiro atoms. The van der Waals surface area contributed by atoms with Crippen LogP contribution in [0.25, 0.3) is 11.1 Å². The van der Waals surface area contributed by atoms with Crippen molar-refractivity contribution in [3.63, 3.8) is 0 Å². The van der Waals surface area contributed by atoms with Crippen LogP contribution in [-0.2, 0) is 9.53 Å². The lowest BCUT2D eigenvalue weighted by Gasteiger charge is -2.14. The molecule has 2 atom stereocenters. The van der Waals surface area contributed by atoms with E-state index >= 15 is 0 Å². The summed E-state index contributed by atoms with van der Waals surface area (Å²) < 4.78 is 5.38. The molecule has 0 radical (unpaired) electrons. The molecular weight excluding hydrogens is 306 g/mol. The lowest BCUT2D eigenvalue weighted by molar-refractivity contribution is -0.138. The van der Waals surface area contributed by atoms with Crippen LogP contribution in [0, 0.1) is 5.92 Å². The summed E-state index contributed by atoms with van der Waals surface area (Å²) in [5, 5.41) is 11.5. The fourth-order valence-electron chi connectivity index (χ4n) is 3.42. The van der Waals surface area contributed by atoms with Crippen molar-refractivity contribution in [1.82, 2.24) is 5.32 Å². The van der Waals surface area contributed by atoms with Crippen LogP contribution >= 0.6 is 0 Å². The van der Waals surface area contributed by atoms with Gasteiger partial charge in [0.2, 0.25) is 0 Å². The predicted octanol–water partition coefficient (Wildman–Crippen LogP) is 3.00. The number of fused-ring (bicyclic) bond motifs is 3. The summed E-state index contributed by atoms with van der Waals surface area (Å²) >= 11 is 0. The minimum absolute atomic E-state index is 0.0117. The van der Waals surface area contributed by atoms with E-state index in [9.17, 15) is 9.59 Å². The Morgan fingerprint density at radius 1 is 1.04 bits per heavy atom. The number of carboxylic acid groups (broad SMARTS) is 1. The first-order valence-corrected chi connectivity index (χ1v) is 7.99. The maximum absolute atomic E-state index is 11.9. The van der Waals surface area contributed by atoms with Crippen LogP contribution in [0.5, 0.6) is 0 Å². The molecule has 2 aromatic carbocycles. The number of benzene rings is 2. The average Bonchev–Trinajstić information content (AvgIpc) is 3.28. The Morgan fingerprint density at radius 2 is 1.62 bits per heavy atom. The molecule has 1 amide bonds. The Hall–Kier alpha value is -2.82. The number of hydrogen-bond donors (Lipinski definition) is 2. The third-order valence-electron chi connectivity index (χ3n) is 4.75. The van der Waals surface area contributed by atoms with Gasteiger partial charge in [-0.3, -0.25) is 4.79 Å². The maximum Gasteiger partial charge on any atom is 0.407 e. The molecule has 0 aliphatic heterocycles. The van der Waals surface area contributed by atoms with Crippen molar-refractivity contribution >= 4 is 12.1 Å². The quantitative estimate of drug-likeness (QED) is 0.907. The van der Waals surface area contributed by atoms with E-state index in [1.807, 2.05) is 24.3 Å². The largest absolute Gasteiger partial charge is 0.481 e. The molecular formula is C19H17NO4. The van der Waals surface area contributed by atoms with Crippen LogP contribution in [-0.4, -0.2) is 29.8 Å². The fraction of sp³-hybridized carbons (Fsp3) is 0.263. The van der Waals surface area contributed by atoms with Crippen LogP contribution in [0.2, 0.25) is 0 Å². The summed E-state index contributed by atoms with van der Waals surface area (Å²) in [5.74, 6) is -1.35. The molecule has 4 rings (SSSR count). The highest BCUT2D eigenvalue weighted by molar-refractivity contribution is 5.79. The van der Waals surface area contributed by atoms with Gasteiger partial charge in [-0.05, 0) is 28.7 Å². The highest BCUT2D eigenvalue weighted by Crippen LogP contribution is 2.44. The SMILES string of the molecule is O=C(NC1CC1C(=O)O)OCC1c2ccccc2-c2ccccc21. The number of carbonyl (C=O) groups excluding carboxylic acids is 1. The van der Waals surface area contributed by atoms with Gasteiger partial charge in [0.25, 0.3) is 0 Å². The molecule has 5 heteroatoms. The van der Waals surface area contributed by atoms with Crippen molar-refractivity contribution in [3.05, 3.63) is 59.7 Å². The first-order chi connectivity index (χ1) is 11.6. The van der Waals surface area contributed by atoms with E-state index in [4.69, 9.17) is 9.84 Å². The number of carboxylic acids is 1. The highest BCUT2D eigenvalue weighted by Gasteiger charge is 2.44. The lowest BCUT2D eigenvalue weighted by Crippen LogP contribution is -2.30. The van der Waals surface area contributed by atoms with E-state index in [-0.39, 0.29) is 18.6 Å². The number of aliphatic carboxylic acids is 1. The Kier molecular flexibility index (Phi) is 3.49. The van der Waals surface area contributed by atoms with Crippen LogP contribution in [0.3, 0.4) is 0 Å². The van der Waals surface area contributed by atoms with Crippen molar-refractivity contribution in [1.29, 1.82) is 0 Å². The van der Waals surface area contributed by atoms with Gasteiger partial charge in [-0.1, -0.05) is 48.5 Å². The number of amides is 1. The van der Waals surface area contributed by atoms with Crippen LogP contribution in [0.1, 0.15) is 23.5 Å². The van der Waals surface area contributed by atoms with Crippen molar-refractivity contribution in [3.8, 4) is 11.1 Å². The Morgan fingerprint density at radius 3 is 2.17 bits per heavy atom. The van der Waals surface area contributed by atoms with Gasteiger partial charge in [-0.2, -0.15) is 0 Å². The standard InChI is InChI=1S/C19H17NO4/c21-18(22)15-9-17(15)20-19(23)24-10-16-13-7-3-1-5-11(13)12-6-2-4-8-14(12)16/h1-8,15-17H,9-10H2,(H,20,23)(H,21,22). The summed E-state index contributed by atoms with van der Waals surface area (Å²) in [6, 6.07) is 15.9. The third kappa shape index (κ3) is 2.52. The second-order valence-corrected chi connectivity index (χ2v) is 6.26. The number of carbonyl (C=O) groups is 2. The summed E-state index contributed by atoms with van der Waals surface area (Å²) in [7, 11) is 0. The molecule has 0 saturated heterocycles. The summed E-state index contributed by atoms with van der Waals surface area (Å²) in [5.41, 5.74) is 4.66. The zero-order valence-electron chi connectivity index (χ0n) is 12.9. The van der Waals surface area contributed by atoms with Crippen LogP contribution < -0.4 is 5.32 Å². The van der Waals surface area contributed by atoms with Gasteiger partial charge in [-0.15, -0.1) is 0 Å². The molecule has 0 heterocycles. The topological polar surface area (TPSA) is 75.6 Å². The van der Waals surface area contributed by atoms with Gasteiger partial charge >= 0.3 is 12.1 Å². The van der Waals surface area contributed by atoms with Crippen molar-refractivity contribution in [2.24, 2.45) is 5.92 Å². The number of ether oxygens (including phenoxy) is 1. The first-order valence-electron chi connectivity index (χ1n) is 7.99. The number of hydrogen-bond acceptors (Lipinski definition) is 3. The molecule has 24 heavy (non-hydrogen) atoms. The summed E-state index contributed by atoms with van der Waals surface area (Å²) in [6.07, 6.45) is -0.0786. The second kappa shape index (κ2) is 5.67. The van der Waals surface area contributed by atoms with E-state index < -0.39 is 18.0 Å². The van der Waals surface area contributed by atoms with Gasteiger partial charge in [0.05, 0.1) is 5.92 Å². The fourth-order valence-corrected chi connectivity index (χ4v) is 3.42. The van der Waals surface area contributed by atoms with Crippen LogP contribution in [0.4, 0.5) is 4.79 Å². The van der Waals surface area contributed by atoms with Gasteiger partial charge in [0.15, 0.2) is 0 Å². The number of alkyl carbamates (subject to hydrolysis) is 1.